The molecule has 1 aromatic rings. The van der Waals surface area contributed by atoms with Crippen LogP contribution in [0.5, 0.6) is 0 Å². The number of methoxy groups -OCH3 is 1. The predicted molar refractivity (Wildman–Crippen MR) is 73.0 cm³/mol. The van der Waals surface area contributed by atoms with Crippen molar-refractivity contribution in [1.82, 2.24) is 0 Å². The van der Waals surface area contributed by atoms with Gasteiger partial charge in [-0.15, -0.1) is 0 Å². The highest BCUT2D eigenvalue weighted by Crippen LogP contribution is 2.19. The highest BCUT2D eigenvalue weighted by molar-refractivity contribution is 5.26. The zero-order valence-corrected chi connectivity index (χ0v) is 11.4. The van der Waals surface area contributed by atoms with E-state index in [4.69, 9.17) is 10.5 Å². The molecule has 0 aliphatic rings. The summed E-state index contributed by atoms with van der Waals surface area (Å²) in [6.07, 6.45) is 2.18. The lowest BCUT2D eigenvalue weighted by Gasteiger charge is -2.17. The maximum absolute atomic E-state index is 6.19. The van der Waals surface area contributed by atoms with Crippen LogP contribution in [0.4, 0.5) is 0 Å². The fraction of sp³-hybridized carbons (Fsp3) is 0.600. The summed E-state index contributed by atoms with van der Waals surface area (Å²) < 4.78 is 5.26. The monoisotopic (exact) mass is 235 g/mol. The quantitative estimate of drug-likeness (QED) is 0.821. The molecule has 96 valence electrons. The molecule has 2 N–H and O–H groups in total. The van der Waals surface area contributed by atoms with Crippen molar-refractivity contribution >= 4 is 0 Å². The van der Waals surface area contributed by atoms with Gasteiger partial charge in [0.1, 0.15) is 0 Å². The van der Waals surface area contributed by atoms with Crippen molar-refractivity contribution in [3.8, 4) is 0 Å². The number of hydrogen-bond donors (Lipinski definition) is 1. The number of rotatable bonds is 6. The van der Waals surface area contributed by atoms with E-state index in [9.17, 15) is 0 Å². The Labute approximate surface area is 105 Å². The zero-order chi connectivity index (χ0) is 12.8. The molecular weight excluding hydrogens is 210 g/mol. The average molecular weight is 235 g/mol. The average Bonchev–Trinajstić information content (AvgIpc) is 2.28. The first-order chi connectivity index (χ1) is 8.02. The summed E-state index contributed by atoms with van der Waals surface area (Å²) >= 11 is 0. The van der Waals surface area contributed by atoms with E-state index in [2.05, 4.69) is 45.0 Å². The minimum Gasteiger partial charge on any atom is -0.382 e. The third-order valence-electron chi connectivity index (χ3n) is 3.01. The van der Waals surface area contributed by atoms with Crippen molar-refractivity contribution in [1.29, 1.82) is 0 Å². The topological polar surface area (TPSA) is 35.2 Å². The van der Waals surface area contributed by atoms with Gasteiger partial charge in [-0.2, -0.15) is 0 Å². The predicted octanol–water partition coefficient (Wildman–Crippen LogP) is 3.31. The first-order valence-electron chi connectivity index (χ1n) is 6.40. The normalized spacial score (nSPS) is 14.9. The fourth-order valence-electron chi connectivity index (χ4n) is 2.01. The van der Waals surface area contributed by atoms with Crippen LogP contribution in [0.1, 0.15) is 44.4 Å². The Hall–Kier alpha value is -0.860. The summed E-state index contributed by atoms with van der Waals surface area (Å²) in [6.45, 7) is 6.52. The van der Waals surface area contributed by atoms with Crippen LogP contribution < -0.4 is 5.73 Å². The molecule has 0 amide bonds. The zero-order valence-electron chi connectivity index (χ0n) is 11.4. The summed E-state index contributed by atoms with van der Waals surface area (Å²) in [5.74, 6) is 0.680. The van der Waals surface area contributed by atoms with Crippen LogP contribution in [0.25, 0.3) is 0 Å². The van der Waals surface area contributed by atoms with E-state index >= 15 is 0 Å². The maximum Gasteiger partial charge on any atom is 0.0561 e. The van der Waals surface area contributed by atoms with Crippen LogP contribution in [0, 0.1) is 5.92 Å². The van der Waals surface area contributed by atoms with Gasteiger partial charge in [-0.3, -0.25) is 0 Å². The lowest BCUT2D eigenvalue weighted by molar-refractivity contribution is 0.104. The molecule has 2 heteroatoms. The second-order valence-corrected chi connectivity index (χ2v) is 5.23. The molecular formula is C15H25NO. The first kappa shape index (κ1) is 14.2. The second-order valence-electron chi connectivity index (χ2n) is 5.23. The van der Waals surface area contributed by atoms with Gasteiger partial charge in [0.15, 0.2) is 0 Å². The largest absolute Gasteiger partial charge is 0.382 e. The van der Waals surface area contributed by atoms with Crippen molar-refractivity contribution in [2.45, 2.75) is 45.8 Å². The van der Waals surface area contributed by atoms with Gasteiger partial charge in [0.25, 0.3) is 0 Å². The first-order valence-corrected chi connectivity index (χ1v) is 6.40. The summed E-state index contributed by atoms with van der Waals surface area (Å²) in [5.41, 5.74) is 8.78. The number of benzene rings is 1. The summed E-state index contributed by atoms with van der Waals surface area (Å²) in [6, 6.07) is 8.68. The van der Waals surface area contributed by atoms with Crippen LogP contribution in [0.2, 0.25) is 0 Å². The van der Waals surface area contributed by atoms with Gasteiger partial charge >= 0.3 is 0 Å². The van der Waals surface area contributed by atoms with Gasteiger partial charge in [0, 0.05) is 13.2 Å². The smallest absolute Gasteiger partial charge is 0.0561 e. The van der Waals surface area contributed by atoms with E-state index < -0.39 is 0 Å². The molecule has 0 aliphatic carbocycles. The Morgan fingerprint density at radius 1 is 1.24 bits per heavy atom. The van der Waals surface area contributed by atoms with Gasteiger partial charge < -0.3 is 10.5 Å². The van der Waals surface area contributed by atoms with Crippen LogP contribution >= 0.6 is 0 Å². The minimum atomic E-state index is 0.0667. The molecule has 0 bridgehead atoms. The molecule has 0 heterocycles. The Balaban J connectivity index is 2.70. The van der Waals surface area contributed by atoms with Gasteiger partial charge in [-0.05, 0) is 36.8 Å². The SMILES string of the molecule is COC(C)CC(N)c1cccc(CC(C)C)c1. The van der Waals surface area contributed by atoms with E-state index in [0.29, 0.717) is 5.92 Å². The van der Waals surface area contributed by atoms with Crippen LogP contribution in [0.3, 0.4) is 0 Å². The molecule has 17 heavy (non-hydrogen) atoms. The Bertz CT molecular complexity index is 335. The molecule has 1 rings (SSSR count). The van der Waals surface area contributed by atoms with Gasteiger partial charge in [-0.25, -0.2) is 0 Å². The highest BCUT2D eigenvalue weighted by atomic mass is 16.5. The Kier molecular flexibility index (Phi) is 5.66. The molecule has 0 aromatic heterocycles. The van der Waals surface area contributed by atoms with Crippen molar-refractivity contribution in [2.24, 2.45) is 11.7 Å². The summed E-state index contributed by atoms with van der Waals surface area (Å²) in [5, 5.41) is 0. The molecule has 0 radical (unpaired) electrons. The van der Waals surface area contributed by atoms with Gasteiger partial charge in [0.2, 0.25) is 0 Å². The van der Waals surface area contributed by atoms with E-state index in [1.807, 2.05) is 0 Å². The third kappa shape index (κ3) is 4.88. The fourth-order valence-corrected chi connectivity index (χ4v) is 2.01. The van der Waals surface area contributed by atoms with Crippen molar-refractivity contribution in [3.63, 3.8) is 0 Å². The lowest BCUT2D eigenvalue weighted by atomic mass is 9.96. The number of hydrogen-bond acceptors (Lipinski definition) is 2. The second kappa shape index (κ2) is 6.77. The van der Waals surface area contributed by atoms with Crippen LogP contribution in [0.15, 0.2) is 24.3 Å². The van der Waals surface area contributed by atoms with E-state index in [-0.39, 0.29) is 12.1 Å². The molecule has 1 aromatic carbocycles. The maximum atomic E-state index is 6.19. The molecule has 0 saturated heterocycles. The minimum absolute atomic E-state index is 0.0667. The molecule has 2 nitrogen and oxygen atoms in total. The Morgan fingerprint density at radius 2 is 1.94 bits per heavy atom. The summed E-state index contributed by atoms with van der Waals surface area (Å²) in [7, 11) is 1.73. The molecule has 0 saturated carbocycles. The van der Waals surface area contributed by atoms with E-state index in [0.717, 1.165) is 12.8 Å². The van der Waals surface area contributed by atoms with Crippen molar-refractivity contribution in [3.05, 3.63) is 35.4 Å². The standard InChI is InChI=1S/C15H25NO/c1-11(2)8-13-6-5-7-14(10-13)15(16)9-12(3)17-4/h5-7,10-12,15H,8-9,16H2,1-4H3. The van der Waals surface area contributed by atoms with Crippen LogP contribution in [-0.2, 0) is 11.2 Å². The molecule has 0 aliphatic heterocycles. The molecule has 0 spiro atoms. The highest BCUT2D eigenvalue weighted by Gasteiger charge is 2.11. The molecule has 0 fully saturated rings. The molecule has 2 atom stereocenters. The third-order valence-corrected chi connectivity index (χ3v) is 3.01. The van der Waals surface area contributed by atoms with E-state index in [1.165, 1.54) is 11.1 Å². The number of nitrogens with two attached hydrogens (primary N) is 1. The summed E-state index contributed by atoms with van der Waals surface area (Å²) in [4.78, 5) is 0. The van der Waals surface area contributed by atoms with Crippen LogP contribution in [-0.4, -0.2) is 13.2 Å². The number of ether oxygens (including phenoxy) is 1. The van der Waals surface area contributed by atoms with E-state index in [1.54, 1.807) is 7.11 Å². The lowest BCUT2D eigenvalue weighted by Crippen LogP contribution is -2.18. The molecule has 2 unspecified atom stereocenters. The van der Waals surface area contributed by atoms with Gasteiger partial charge in [-0.1, -0.05) is 38.1 Å². The van der Waals surface area contributed by atoms with Gasteiger partial charge in [0.05, 0.1) is 6.10 Å². The van der Waals surface area contributed by atoms with Crippen molar-refractivity contribution in [2.75, 3.05) is 7.11 Å². The van der Waals surface area contributed by atoms with Crippen molar-refractivity contribution < 1.29 is 4.74 Å². The Morgan fingerprint density at radius 3 is 2.53 bits per heavy atom.